The Kier molecular flexibility index (Phi) is 4.33. The van der Waals surface area contributed by atoms with Crippen LogP contribution in [0.5, 0.6) is 0 Å². The van der Waals surface area contributed by atoms with Crippen molar-refractivity contribution in [2.75, 3.05) is 0 Å². The van der Waals surface area contributed by atoms with E-state index in [-0.39, 0.29) is 19.5 Å². The molecule has 0 heterocycles. The molecule has 0 saturated heterocycles. The first-order chi connectivity index (χ1) is 3.00. The fourth-order valence-corrected chi connectivity index (χ4v) is 0.542. The van der Waals surface area contributed by atoms with Gasteiger partial charge in [0.2, 0.25) is 0 Å². The first kappa shape index (κ1) is 7.10. The molecule has 0 N–H and O–H groups in total. The summed E-state index contributed by atoms with van der Waals surface area (Å²) in [6.07, 6.45) is 11.0. The van der Waals surface area contributed by atoms with Crippen LogP contribution in [0.15, 0.2) is 24.3 Å². The van der Waals surface area contributed by atoms with Crippen molar-refractivity contribution in [1.82, 2.24) is 0 Å². The molecule has 0 atom stereocenters. The molecule has 0 bridgehead atoms. The first-order valence-corrected chi connectivity index (χ1v) is 2.30. The molecule has 7 heavy (non-hydrogen) atoms. The topological polar surface area (TPSA) is 0 Å². The van der Waals surface area contributed by atoms with Gasteiger partial charge >= 0.3 is 0 Å². The Morgan fingerprint density at radius 2 is 1.00 bits per heavy atom. The van der Waals surface area contributed by atoms with E-state index < -0.39 is 0 Å². The van der Waals surface area contributed by atoms with E-state index in [1.165, 1.54) is 0 Å². The summed E-state index contributed by atoms with van der Waals surface area (Å²) in [7, 11) is 0. The number of hydrogen-bond acceptors (Lipinski definition) is 0. The van der Waals surface area contributed by atoms with Crippen LogP contribution in [0.4, 0.5) is 0 Å². The second-order valence-electron chi connectivity index (χ2n) is 1.41. The van der Waals surface area contributed by atoms with E-state index >= 15 is 0 Å². The summed E-state index contributed by atoms with van der Waals surface area (Å²) in [5.41, 5.74) is 0. The zero-order valence-corrected chi connectivity index (χ0v) is 5.82. The monoisotopic (exact) mass is 182 g/mol. The van der Waals surface area contributed by atoms with E-state index in [9.17, 15) is 0 Å². The van der Waals surface area contributed by atoms with Crippen molar-refractivity contribution in [2.24, 2.45) is 0 Å². The molecular weight excluding hydrogens is 173 g/mol. The summed E-state index contributed by atoms with van der Waals surface area (Å²) < 4.78 is 0. The Hall–Kier alpha value is 0.103. The van der Waals surface area contributed by atoms with Crippen LogP contribution >= 0.6 is 0 Å². The second kappa shape index (κ2) is 4.27. The van der Waals surface area contributed by atoms with Gasteiger partial charge in [-0.2, -0.15) is 0 Å². The fraction of sp³-hybridized carbons (Fsp3) is 0.333. The van der Waals surface area contributed by atoms with E-state index in [0.717, 1.165) is 12.8 Å². The Labute approximate surface area is 57.1 Å². The van der Waals surface area contributed by atoms with Crippen LogP contribution in [0.2, 0.25) is 0 Å². The molecule has 1 aliphatic carbocycles. The maximum Gasteiger partial charge on any atom is 0 e. The van der Waals surface area contributed by atoms with Crippen LogP contribution in [0, 0.1) is 0 Å². The van der Waals surface area contributed by atoms with Crippen molar-refractivity contribution < 1.29 is 19.5 Å². The third-order valence-electron chi connectivity index (χ3n) is 0.878. The van der Waals surface area contributed by atoms with Gasteiger partial charge in [0, 0.05) is 19.5 Å². The second-order valence-corrected chi connectivity index (χ2v) is 1.41. The summed E-state index contributed by atoms with van der Waals surface area (Å²) in [5.74, 6) is 0. The third kappa shape index (κ3) is 2.76. The van der Waals surface area contributed by atoms with Crippen LogP contribution in [0.25, 0.3) is 0 Å². The van der Waals surface area contributed by atoms with Crippen molar-refractivity contribution >= 4 is 0 Å². The number of allylic oxidation sites excluding steroid dienone is 4. The van der Waals surface area contributed by atoms with Crippen molar-refractivity contribution in [2.45, 2.75) is 12.8 Å². The van der Waals surface area contributed by atoms with Gasteiger partial charge in [0.1, 0.15) is 0 Å². The first-order valence-electron chi connectivity index (χ1n) is 2.30. The summed E-state index contributed by atoms with van der Waals surface area (Å²) >= 11 is 0. The molecule has 0 saturated carbocycles. The Balaban J connectivity index is 0.000000360. The standard InChI is InChI=1S/C6H8.Ru/c1-2-4-6-5-3-1;/h1-2,5-6H,3-4H2;. The molecular formula is C6H8Ru. The molecule has 0 radical (unpaired) electrons. The fourth-order valence-electron chi connectivity index (χ4n) is 0.542. The van der Waals surface area contributed by atoms with Gasteiger partial charge in [0.05, 0.1) is 0 Å². The van der Waals surface area contributed by atoms with Gasteiger partial charge in [-0.25, -0.2) is 0 Å². The quantitative estimate of drug-likeness (QED) is 0.395. The maximum absolute atomic E-state index is 2.18. The summed E-state index contributed by atoms with van der Waals surface area (Å²) in [6.45, 7) is 0. The molecule has 0 nitrogen and oxygen atoms in total. The molecule has 0 aliphatic heterocycles. The normalized spacial score (nSPS) is 16.0. The molecule has 0 aromatic heterocycles. The maximum atomic E-state index is 2.18. The molecule has 0 spiro atoms. The van der Waals surface area contributed by atoms with Gasteiger partial charge < -0.3 is 0 Å². The average Bonchev–Trinajstić information content (AvgIpc) is 1.72. The molecule has 40 valence electrons. The molecule has 1 aliphatic rings. The van der Waals surface area contributed by atoms with Gasteiger partial charge in [0.15, 0.2) is 0 Å². The smallest absolute Gasteiger partial charge is 0 e. The zero-order chi connectivity index (χ0) is 4.24. The molecule has 1 heteroatoms. The molecule has 0 fully saturated rings. The van der Waals surface area contributed by atoms with Crippen molar-refractivity contribution in [3.63, 3.8) is 0 Å². The van der Waals surface area contributed by atoms with Gasteiger partial charge in [-0.05, 0) is 12.8 Å². The SMILES string of the molecule is C1=CCC=CC1.[Ru]. The van der Waals surface area contributed by atoms with Crippen LogP contribution < -0.4 is 0 Å². The average molecular weight is 181 g/mol. The van der Waals surface area contributed by atoms with E-state index in [2.05, 4.69) is 24.3 Å². The molecule has 0 aromatic rings. The summed E-state index contributed by atoms with van der Waals surface area (Å²) in [6, 6.07) is 0. The minimum Gasteiger partial charge on any atom is -0.0844 e. The van der Waals surface area contributed by atoms with E-state index in [0.29, 0.717) is 0 Å². The third-order valence-corrected chi connectivity index (χ3v) is 0.878. The van der Waals surface area contributed by atoms with E-state index in [4.69, 9.17) is 0 Å². The molecule has 1 rings (SSSR count). The van der Waals surface area contributed by atoms with E-state index in [1.54, 1.807) is 0 Å². The largest absolute Gasteiger partial charge is 0.0844 e. The summed E-state index contributed by atoms with van der Waals surface area (Å²) in [5, 5.41) is 0. The minimum atomic E-state index is 0. The summed E-state index contributed by atoms with van der Waals surface area (Å²) in [4.78, 5) is 0. The van der Waals surface area contributed by atoms with Crippen LogP contribution in [-0.4, -0.2) is 0 Å². The minimum absolute atomic E-state index is 0. The predicted octanol–water partition coefficient (Wildman–Crippen LogP) is 1.89. The Morgan fingerprint density at radius 1 is 0.714 bits per heavy atom. The van der Waals surface area contributed by atoms with Crippen LogP contribution in [-0.2, 0) is 19.5 Å². The molecule has 0 unspecified atom stereocenters. The van der Waals surface area contributed by atoms with Crippen molar-refractivity contribution in [3.8, 4) is 0 Å². The number of rotatable bonds is 0. The van der Waals surface area contributed by atoms with Crippen LogP contribution in [0.1, 0.15) is 12.8 Å². The van der Waals surface area contributed by atoms with Gasteiger partial charge in [-0.3, -0.25) is 0 Å². The van der Waals surface area contributed by atoms with E-state index in [1.807, 2.05) is 0 Å². The Morgan fingerprint density at radius 3 is 1.14 bits per heavy atom. The Bertz CT molecular complexity index is 62.2. The molecule has 0 amide bonds. The van der Waals surface area contributed by atoms with Gasteiger partial charge in [0.25, 0.3) is 0 Å². The van der Waals surface area contributed by atoms with Crippen molar-refractivity contribution in [3.05, 3.63) is 24.3 Å². The zero-order valence-electron chi connectivity index (χ0n) is 4.08. The van der Waals surface area contributed by atoms with Gasteiger partial charge in [-0.15, -0.1) is 0 Å². The molecule has 0 aromatic carbocycles. The van der Waals surface area contributed by atoms with Crippen LogP contribution in [0.3, 0.4) is 0 Å². The van der Waals surface area contributed by atoms with Crippen molar-refractivity contribution in [1.29, 1.82) is 0 Å². The van der Waals surface area contributed by atoms with Gasteiger partial charge in [-0.1, -0.05) is 24.3 Å². The number of hydrogen-bond donors (Lipinski definition) is 0. The predicted molar refractivity (Wildman–Crippen MR) is 27.5 cm³/mol.